The van der Waals surface area contributed by atoms with Gasteiger partial charge >= 0.3 is 96.5 Å². The topological polar surface area (TPSA) is 35.2 Å². The molecule has 0 saturated heterocycles. The minimum absolute atomic E-state index is 0.330. The number of rotatable bonds is 7. The van der Waals surface area contributed by atoms with Gasteiger partial charge in [0, 0.05) is 0 Å². The standard InChI is InChI=1S/C7H16NOS.BrH.Sn/c1-6(8)4-3-5-7(9)10-2;;/h6-7H,3-5,8H2,1-2H3;1H;/q-1;;+2/p-1. The molecule has 0 spiro atoms. The number of nitrogens with two attached hydrogens (primary N) is 1. The summed E-state index contributed by atoms with van der Waals surface area (Å²) in [5.74, 6) is 0. The molecule has 12 heavy (non-hydrogen) atoms. The molecule has 0 amide bonds. The SMILES string of the molecule is CSC(CCCC(C)N)[O][Sn][Br]. The molecule has 0 aliphatic heterocycles. The van der Waals surface area contributed by atoms with Crippen LogP contribution in [-0.2, 0) is 3.07 Å². The molecule has 0 aromatic rings. The van der Waals surface area contributed by atoms with Gasteiger partial charge in [0.2, 0.25) is 0 Å². The van der Waals surface area contributed by atoms with Crippen LogP contribution in [0.5, 0.6) is 0 Å². The van der Waals surface area contributed by atoms with Crippen LogP contribution in [0.4, 0.5) is 0 Å². The first kappa shape index (κ1) is 13.5. The van der Waals surface area contributed by atoms with E-state index in [1.807, 2.05) is 0 Å². The molecular formula is C7H16BrNOSSn. The Hall–Kier alpha value is 1.55. The van der Waals surface area contributed by atoms with Crippen molar-refractivity contribution in [3.8, 4) is 0 Å². The molecule has 0 fully saturated rings. The maximum absolute atomic E-state index is 5.65. The van der Waals surface area contributed by atoms with Crippen LogP contribution in [0.3, 0.4) is 0 Å². The zero-order valence-corrected chi connectivity index (χ0v) is 12.8. The quantitative estimate of drug-likeness (QED) is 0.558. The van der Waals surface area contributed by atoms with Crippen molar-refractivity contribution in [1.82, 2.24) is 0 Å². The number of hydrogen-bond acceptors (Lipinski definition) is 3. The molecule has 2 nitrogen and oxygen atoms in total. The summed E-state index contributed by atoms with van der Waals surface area (Å²) in [5, 5.41) is 0. The van der Waals surface area contributed by atoms with E-state index in [1.165, 1.54) is 6.42 Å². The number of hydrogen-bond donors (Lipinski definition) is 1. The van der Waals surface area contributed by atoms with Crippen LogP contribution < -0.4 is 5.73 Å². The van der Waals surface area contributed by atoms with Crippen LogP contribution in [-0.4, -0.2) is 37.1 Å². The molecule has 2 atom stereocenters. The molecule has 72 valence electrons. The average Bonchev–Trinajstić information content (AvgIpc) is 2.02. The normalized spacial score (nSPS) is 16.0. The van der Waals surface area contributed by atoms with Gasteiger partial charge in [0.25, 0.3) is 0 Å². The molecule has 0 saturated carbocycles. The monoisotopic (exact) mass is 361 g/mol. The van der Waals surface area contributed by atoms with Gasteiger partial charge in [0.05, 0.1) is 0 Å². The number of thioether (sulfide) groups is 1. The van der Waals surface area contributed by atoms with E-state index in [4.69, 9.17) is 8.81 Å². The third-order valence-electron chi connectivity index (χ3n) is 1.54. The van der Waals surface area contributed by atoms with Crippen LogP contribution in [0.25, 0.3) is 0 Å². The second-order valence-electron chi connectivity index (χ2n) is 2.77. The van der Waals surface area contributed by atoms with Gasteiger partial charge in [0.15, 0.2) is 0 Å². The molecule has 0 aromatic carbocycles. The summed E-state index contributed by atoms with van der Waals surface area (Å²) in [6.07, 6.45) is 5.51. The fraction of sp³-hybridized carbons (Fsp3) is 1.00. The summed E-state index contributed by atoms with van der Waals surface area (Å²) in [7, 11) is 0. The predicted octanol–water partition coefficient (Wildman–Crippen LogP) is 2.14. The third-order valence-corrected chi connectivity index (χ3v) is 5.20. The van der Waals surface area contributed by atoms with Crippen LogP contribution in [0, 0.1) is 0 Å². The Kier molecular flexibility index (Phi) is 10.3. The van der Waals surface area contributed by atoms with Gasteiger partial charge in [-0.3, -0.25) is 0 Å². The molecule has 0 rings (SSSR count). The fourth-order valence-electron chi connectivity index (χ4n) is 0.881. The second kappa shape index (κ2) is 9.12. The van der Waals surface area contributed by atoms with E-state index in [0.29, 0.717) is 11.5 Å². The van der Waals surface area contributed by atoms with Gasteiger partial charge in [-0.1, -0.05) is 0 Å². The van der Waals surface area contributed by atoms with Gasteiger partial charge in [0.1, 0.15) is 0 Å². The van der Waals surface area contributed by atoms with Crippen molar-refractivity contribution in [2.45, 2.75) is 37.7 Å². The second-order valence-corrected chi connectivity index (χ2v) is 7.05. The van der Waals surface area contributed by atoms with E-state index < -0.39 is 19.3 Å². The first-order chi connectivity index (χ1) is 5.70. The molecule has 2 N–H and O–H groups in total. The van der Waals surface area contributed by atoms with E-state index in [2.05, 4.69) is 25.9 Å². The molecular weight excluding hydrogens is 345 g/mol. The van der Waals surface area contributed by atoms with E-state index in [9.17, 15) is 0 Å². The summed E-state index contributed by atoms with van der Waals surface area (Å²) in [5.41, 5.74) is 6.05. The molecule has 5 heteroatoms. The minimum atomic E-state index is -0.667. The van der Waals surface area contributed by atoms with Gasteiger partial charge in [-0.05, 0) is 0 Å². The van der Waals surface area contributed by atoms with Crippen molar-refractivity contribution < 1.29 is 3.07 Å². The first-order valence-electron chi connectivity index (χ1n) is 4.00. The van der Waals surface area contributed by atoms with Crippen molar-refractivity contribution in [2.24, 2.45) is 5.73 Å². The number of halogens is 1. The Balaban J connectivity index is 3.31. The molecule has 2 unspecified atom stereocenters. The fourth-order valence-corrected chi connectivity index (χ4v) is 5.49. The molecule has 0 bridgehead atoms. The Morgan fingerprint density at radius 3 is 2.67 bits per heavy atom. The first-order valence-corrected chi connectivity index (χ1v) is 12.9. The Bertz CT molecular complexity index is 107. The van der Waals surface area contributed by atoms with Gasteiger partial charge in [-0.2, -0.15) is 0 Å². The van der Waals surface area contributed by atoms with E-state index in [1.54, 1.807) is 11.8 Å². The summed E-state index contributed by atoms with van der Waals surface area (Å²) in [6, 6.07) is 0.330. The molecule has 0 aliphatic carbocycles. The maximum atomic E-state index is 5.65. The zero-order chi connectivity index (χ0) is 9.40. The zero-order valence-electron chi connectivity index (χ0n) is 7.55. The average molecular weight is 361 g/mol. The van der Waals surface area contributed by atoms with E-state index >= 15 is 0 Å². The van der Waals surface area contributed by atoms with Crippen molar-refractivity contribution in [1.29, 1.82) is 0 Å². The van der Waals surface area contributed by atoms with Crippen molar-refractivity contribution in [2.75, 3.05) is 6.26 Å². The molecule has 0 aromatic heterocycles. The summed E-state index contributed by atoms with van der Waals surface area (Å²) in [4.78, 5) is 0. The summed E-state index contributed by atoms with van der Waals surface area (Å²) < 4.78 is 5.58. The van der Waals surface area contributed by atoms with Crippen LogP contribution >= 0.6 is 24.5 Å². The van der Waals surface area contributed by atoms with Gasteiger partial charge < -0.3 is 0 Å². The Labute approximate surface area is 95.9 Å². The van der Waals surface area contributed by atoms with E-state index in [0.717, 1.165) is 12.8 Å². The predicted molar refractivity (Wildman–Crippen MR) is 60.6 cm³/mol. The van der Waals surface area contributed by atoms with Gasteiger partial charge in [-0.25, -0.2) is 0 Å². The molecule has 0 aliphatic rings. The van der Waals surface area contributed by atoms with Crippen LogP contribution in [0.1, 0.15) is 26.2 Å². The molecule has 0 heterocycles. The Morgan fingerprint density at radius 2 is 2.25 bits per heavy atom. The summed E-state index contributed by atoms with van der Waals surface area (Å²) >= 11 is 4.55. The van der Waals surface area contributed by atoms with Crippen LogP contribution in [0.15, 0.2) is 0 Å². The van der Waals surface area contributed by atoms with Crippen molar-refractivity contribution in [3.63, 3.8) is 0 Å². The summed E-state index contributed by atoms with van der Waals surface area (Å²) in [6.45, 7) is 2.05. The third kappa shape index (κ3) is 8.16. The van der Waals surface area contributed by atoms with Crippen molar-refractivity contribution in [3.05, 3.63) is 0 Å². The van der Waals surface area contributed by atoms with Crippen molar-refractivity contribution >= 4 is 43.8 Å². The van der Waals surface area contributed by atoms with E-state index in [-0.39, 0.29) is 0 Å². The van der Waals surface area contributed by atoms with Gasteiger partial charge in [-0.15, -0.1) is 0 Å². The molecule has 2 radical (unpaired) electrons. The Morgan fingerprint density at radius 1 is 1.58 bits per heavy atom. The van der Waals surface area contributed by atoms with Crippen LogP contribution in [0.2, 0.25) is 0 Å².